The normalized spacial score (nSPS) is 21.8. The van der Waals surface area contributed by atoms with E-state index in [1.165, 1.54) is 6.42 Å². The Balaban J connectivity index is 1.97. The summed E-state index contributed by atoms with van der Waals surface area (Å²) >= 11 is 0. The van der Waals surface area contributed by atoms with Gasteiger partial charge in [0.15, 0.2) is 0 Å². The standard InChI is InChI=1S/C16H23N3O2/c1-11-8-12(2)10-19(9-11)16(21)18-14-6-4-13(5-7-14)15(20)17-3/h4-7,11-12H,8-10H2,1-3H3,(H,17,20)(H,18,21). The minimum absolute atomic E-state index is 0.0684. The third kappa shape index (κ3) is 3.97. The number of carbonyl (C=O) groups is 2. The third-order valence-electron chi connectivity index (χ3n) is 3.78. The molecule has 2 unspecified atom stereocenters. The van der Waals surface area contributed by atoms with E-state index in [1.54, 1.807) is 31.3 Å². The van der Waals surface area contributed by atoms with Gasteiger partial charge < -0.3 is 15.5 Å². The van der Waals surface area contributed by atoms with Gasteiger partial charge in [-0.1, -0.05) is 13.8 Å². The van der Waals surface area contributed by atoms with Crippen LogP contribution < -0.4 is 10.6 Å². The first-order chi connectivity index (χ1) is 9.99. The van der Waals surface area contributed by atoms with Crippen LogP contribution in [0.5, 0.6) is 0 Å². The monoisotopic (exact) mass is 289 g/mol. The molecule has 1 aliphatic rings. The summed E-state index contributed by atoms with van der Waals surface area (Å²) in [6, 6.07) is 6.84. The molecular formula is C16H23N3O2. The first kappa shape index (κ1) is 15.4. The topological polar surface area (TPSA) is 61.4 Å². The Hall–Kier alpha value is -2.04. The number of nitrogens with zero attached hydrogens (tertiary/aromatic N) is 1. The number of hydrogen-bond donors (Lipinski definition) is 2. The Morgan fingerprint density at radius 3 is 2.19 bits per heavy atom. The molecule has 2 atom stereocenters. The van der Waals surface area contributed by atoms with E-state index in [4.69, 9.17) is 0 Å². The molecule has 2 N–H and O–H groups in total. The zero-order chi connectivity index (χ0) is 15.4. The summed E-state index contributed by atoms with van der Waals surface area (Å²) in [7, 11) is 1.59. The molecule has 0 aliphatic carbocycles. The van der Waals surface area contributed by atoms with Crippen LogP contribution in [0.25, 0.3) is 0 Å². The van der Waals surface area contributed by atoms with Crippen LogP contribution >= 0.6 is 0 Å². The number of piperidine rings is 1. The van der Waals surface area contributed by atoms with Crippen LogP contribution in [0, 0.1) is 11.8 Å². The predicted molar refractivity (Wildman–Crippen MR) is 83.4 cm³/mol. The molecular weight excluding hydrogens is 266 g/mol. The maximum absolute atomic E-state index is 12.3. The molecule has 1 saturated heterocycles. The fourth-order valence-electron chi connectivity index (χ4n) is 2.88. The van der Waals surface area contributed by atoms with E-state index in [9.17, 15) is 9.59 Å². The van der Waals surface area contributed by atoms with E-state index in [1.807, 2.05) is 4.90 Å². The quantitative estimate of drug-likeness (QED) is 0.879. The number of nitrogens with one attached hydrogen (secondary N) is 2. The van der Waals surface area contributed by atoms with E-state index in [0.29, 0.717) is 23.1 Å². The second-order valence-electron chi connectivity index (χ2n) is 5.94. The number of likely N-dealkylation sites (tertiary alicyclic amines) is 1. The largest absolute Gasteiger partial charge is 0.355 e. The van der Waals surface area contributed by atoms with Crippen molar-refractivity contribution in [1.82, 2.24) is 10.2 Å². The minimum Gasteiger partial charge on any atom is -0.355 e. The van der Waals surface area contributed by atoms with Crippen LogP contribution in [0.3, 0.4) is 0 Å². The van der Waals surface area contributed by atoms with Crippen molar-refractivity contribution >= 4 is 17.6 Å². The number of hydrogen-bond acceptors (Lipinski definition) is 2. The first-order valence-corrected chi connectivity index (χ1v) is 7.37. The number of rotatable bonds is 2. The van der Waals surface area contributed by atoms with Gasteiger partial charge in [0.2, 0.25) is 0 Å². The number of anilines is 1. The Labute approximate surface area is 125 Å². The highest BCUT2D eigenvalue weighted by molar-refractivity contribution is 5.95. The molecule has 2 rings (SSSR count). The molecule has 0 spiro atoms. The summed E-state index contributed by atoms with van der Waals surface area (Å²) in [5.41, 5.74) is 1.29. The van der Waals surface area contributed by atoms with Crippen molar-refractivity contribution < 1.29 is 9.59 Å². The fraction of sp³-hybridized carbons (Fsp3) is 0.500. The molecule has 21 heavy (non-hydrogen) atoms. The van der Waals surface area contributed by atoms with Gasteiger partial charge in [-0.2, -0.15) is 0 Å². The molecule has 1 aromatic carbocycles. The lowest BCUT2D eigenvalue weighted by atomic mass is 9.92. The summed E-state index contributed by atoms with van der Waals surface area (Å²) in [6.45, 7) is 5.95. The molecule has 1 aromatic rings. The van der Waals surface area contributed by atoms with Gasteiger partial charge >= 0.3 is 6.03 Å². The molecule has 0 saturated carbocycles. The Kier molecular flexibility index (Phi) is 4.83. The smallest absolute Gasteiger partial charge is 0.321 e. The number of amides is 3. The molecule has 1 aliphatic heterocycles. The van der Waals surface area contributed by atoms with Crippen molar-refractivity contribution in [3.05, 3.63) is 29.8 Å². The zero-order valence-corrected chi connectivity index (χ0v) is 12.8. The van der Waals surface area contributed by atoms with E-state index < -0.39 is 0 Å². The second kappa shape index (κ2) is 6.61. The van der Waals surface area contributed by atoms with Crippen molar-refractivity contribution in [2.45, 2.75) is 20.3 Å². The van der Waals surface area contributed by atoms with Gasteiger partial charge in [0.25, 0.3) is 5.91 Å². The lowest BCUT2D eigenvalue weighted by Gasteiger charge is -2.34. The Morgan fingerprint density at radius 1 is 1.10 bits per heavy atom. The fourth-order valence-corrected chi connectivity index (χ4v) is 2.88. The molecule has 1 fully saturated rings. The summed E-state index contributed by atoms with van der Waals surface area (Å²) in [5.74, 6) is 0.941. The van der Waals surface area contributed by atoms with Crippen molar-refractivity contribution in [1.29, 1.82) is 0 Å². The molecule has 0 aromatic heterocycles. The summed E-state index contributed by atoms with van der Waals surface area (Å²) in [5, 5.41) is 5.46. The second-order valence-corrected chi connectivity index (χ2v) is 5.94. The van der Waals surface area contributed by atoms with E-state index >= 15 is 0 Å². The van der Waals surface area contributed by atoms with Crippen LogP contribution in [-0.4, -0.2) is 37.0 Å². The van der Waals surface area contributed by atoms with Crippen LogP contribution in [0.1, 0.15) is 30.6 Å². The molecule has 5 heteroatoms. The van der Waals surface area contributed by atoms with Crippen molar-refractivity contribution in [3.8, 4) is 0 Å². The number of urea groups is 1. The van der Waals surface area contributed by atoms with Crippen LogP contribution in [0.4, 0.5) is 10.5 Å². The van der Waals surface area contributed by atoms with Crippen LogP contribution in [0.2, 0.25) is 0 Å². The molecule has 3 amide bonds. The summed E-state index contributed by atoms with van der Waals surface area (Å²) < 4.78 is 0. The summed E-state index contributed by atoms with van der Waals surface area (Å²) in [4.78, 5) is 25.6. The Morgan fingerprint density at radius 2 is 1.67 bits per heavy atom. The first-order valence-electron chi connectivity index (χ1n) is 7.37. The van der Waals surface area contributed by atoms with E-state index in [2.05, 4.69) is 24.5 Å². The van der Waals surface area contributed by atoms with Crippen LogP contribution in [0.15, 0.2) is 24.3 Å². The van der Waals surface area contributed by atoms with Gasteiger partial charge in [-0.25, -0.2) is 4.79 Å². The predicted octanol–water partition coefficient (Wildman–Crippen LogP) is 2.56. The highest BCUT2D eigenvalue weighted by Gasteiger charge is 2.25. The Bertz CT molecular complexity index is 503. The maximum Gasteiger partial charge on any atom is 0.321 e. The van der Waals surface area contributed by atoms with Crippen molar-refractivity contribution in [2.24, 2.45) is 11.8 Å². The minimum atomic E-state index is -0.133. The molecule has 0 bridgehead atoms. The average Bonchev–Trinajstić information content (AvgIpc) is 2.46. The van der Waals surface area contributed by atoms with Gasteiger partial charge in [-0.15, -0.1) is 0 Å². The van der Waals surface area contributed by atoms with E-state index in [-0.39, 0.29) is 11.9 Å². The van der Waals surface area contributed by atoms with Gasteiger partial charge in [-0.05, 0) is 42.5 Å². The molecule has 1 heterocycles. The van der Waals surface area contributed by atoms with Crippen molar-refractivity contribution in [3.63, 3.8) is 0 Å². The highest BCUT2D eigenvalue weighted by atomic mass is 16.2. The lowest BCUT2D eigenvalue weighted by Crippen LogP contribution is -2.44. The average molecular weight is 289 g/mol. The third-order valence-corrected chi connectivity index (χ3v) is 3.78. The highest BCUT2D eigenvalue weighted by Crippen LogP contribution is 2.21. The lowest BCUT2D eigenvalue weighted by molar-refractivity contribution is 0.0963. The molecule has 0 radical (unpaired) electrons. The number of carbonyl (C=O) groups excluding carboxylic acids is 2. The van der Waals surface area contributed by atoms with Gasteiger partial charge in [0.1, 0.15) is 0 Å². The van der Waals surface area contributed by atoms with Gasteiger partial charge in [0.05, 0.1) is 0 Å². The summed E-state index contributed by atoms with van der Waals surface area (Å²) in [6.07, 6.45) is 1.17. The van der Waals surface area contributed by atoms with Crippen LogP contribution in [-0.2, 0) is 0 Å². The van der Waals surface area contributed by atoms with E-state index in [0.717, 1.165) is 13.1 Å². The zero-order valence-electron chi connectivity index (χ0n) is 12.8. The van der Waals surface area contributed by atoms with Gasteiger partial charge in [0, 0.05) is 31.4 Å². The molecule has 114 valence electrons. The number of benzene rings is 1. The van der Waals surface area contributed by atoms with Crippen molar-refractivity contribution in [2.75, 3.05) is 25.5 Å². The maximum atomic E-state index is 12.3. The SMILES string of the molecule is CNC(=O)c1ccc(NC(=O)N2CC(C)CC(C)C2)cc1. The molecule has 5 nitrogen and oxygen atoms in total. The van der Waals surface area contributed by atoms with Gasteiger partial charge in [-0.3, -0.25) is 4.79 Å².